The number of aromatic nitrogens is 2. The van der Waals surface area contributed by atoms with Crippen molar-refractivity contribution < 1.29 is 4.79 Å². The van der Waals surface area contributed by atoms with Gasteiger partial charge in [-0.2, -0.15) is 0 Å². The van der Waals surface area contributed by atoms with Crippen LogP contribution >= 0.6 is 0 Å². The third-order valence-corrected chi connectivity index (χ3v) is 7.28. The molecule has 1 amide bonds. The molecule has 0 aliphatic carbocycles. The number of fused-ring (bicyclic) bond motifs is 3. The minimum absolute atomic E-state index is 0.0496. The summed E-state index contributed by atoms with van der Waals surface area (Å²) in [4.78, 5) is 28.6. The first-order chi connectivity index (χ1) is 16.7. The van der Waals surface area contributed by atoms with Crippen molar-refractivity contribution in [3.8, 4) is 11.1 Å². The van der Waals surface area contributed by atoms with E-state index in [-0.39, 0.29) is 11.9 Å². The molecular weight excluding hydrogens is 424 g/mol. The largest absolute Gasteiger partial charge is 0.369 e. The van der Waals surface area contributed by atoms with Gasteiger partial charge in [-0.3, -0.25) is 14.7 Å². The van der Waals surface area contributed by atoms with Crippen LogP contribution < -0.4 is 15.1 Å². The van der Waals surface area contributed by atoms with Crippen LogP contribution in [0.15, 0.2) is 61.1 Å². The molecule has 1 aromatic carbocycles. The summed E-state index contributed by atoms with van der Waals surface area (Å²) in [6.45, 7) is 5.78. The van der Waals surface area contributed by atoms with E-state index in [1.54, 1.807) is 0 Å². The van der Waals surface area contributed by atoms with Gasteiger partial charge in [0.05, 0.1) is 5.69 Å². The number of pyridine rings is 2. The summed E-state index contributed by atoms with van der Waals surface area (Å²) in [6, 6.07) is 15.0. The molecule has 2 fully saturated rings. The standard InChI is InChI=1S/C27H30N6O/c34-27-25-3-1-2-12-33(25)26-24(30-27)17-20(18-29-26)19-31-13-15-32(16-14-31)23-6-4-21(5-7-23)22-8-10-28-11-9-22/h4-11,17-18,25H,1-3,12-16,19H2,(H,30,34). The van der Waals surface area contributed by atoms with Gasteiger partial charge in [-0.1, -0.05) is 12.1 Å². The van der Waals surface area contributed by atoms with E-state index in [4.69, 9.17) is 4.98 Å². The minimum atomic E-state index is -0.0496. The highest BCUT2D eigenvalue weighted by Crippen LogP contribution is 2.35. The SMILES string of the molecule is O=C1Nc2cc(CN3CCN(c4ccc(-c5ccncc5)cc4)CC3)cnc2N2CCCCC12. The van der Waals surface area contributed by atoms with Crippen LogP contribution in [-0.2, 0) is 11.3 Å². The van der Waals surface area contributed by atoms with E-state index in [1.165, 1.54) is 16.8 Å². The van der Waals surface area contributed by atoms with Crippen LogP contribution in [0.25, 0.3) is 11.1 Å². The summed E-state index contributed by atoms with van der Waals surface area (Å²) in [5.41, 5.74) is 5.70. The lowest BCUT2D eigenvalue weighted by molar-refractivity contribution is -0.118. The Morgan fingerprint density at radius 1 is 0.912 bits per heavy atom. The van der Waals surface area contributed by atoms with E-state index < -0.39 is 0 Å². The topological polar surface area (TPSA) is 64.6 Å². The second kappa shape index (κ2) is 9.06. The van der Waals surface area contributed by atoms with E-state index in [1.807, 2.05) is 30.7 Å². The molecule has 7 heteroatoms. The Morgan fingerprint density at radius 2 is 1.68 bits per heavy atom. The number of piperidine rings is 1. The molecule has 3 aromatic rings. The molecule has 3 aliphatic heterocycles. The normalized spacial score (nSPS) is 20.5. The molecule has 1 unspecified atom stereocenters. The van der Waals surface area contributed by atoms with Gasteiger partial charge in [-0.05, 0) is 66.3 Å². The number of nitrogens with zero attached hydrogens (tertiary/aromatic N) is 5. The number of amides is 1. The zero-order valence-electron chi connectivity index (χ0n) is 19.4. The number of carbonyl (C=O) groups excluding carboxylic acids is 1. The summed E-state index contributed by atoms with van der Waals surface area (Å²) >= 11 is 0. The average molecular weight is 455 g/mol. The van der Waals surface area contributed by atoms with Crippen LogP contribution in [0.1, 0.15) is 24.8 Å². The molecule has 1 N–H and O–H groups in total. The molecule has 5 heterocycles. The number of anilines is 3. The van der Waals surface area contributed by atoms with Crippen LogP contribution in [0.2, 0.25) is 0 Å². The van der Waals surface area contributed by atoms with E-state index in [0.29, 0.717) is 0 Å². The Hall–Kier alpha value is -3.45. The van der Waals surface area contributed by atoms with E-state index in [2.05, 4.69) is 55.3 Å². The number of nitrogens with one attached hydrogen (secondary N) is 1. The predicted molar refractivity (Wildman–Crippen MR) is 135 cm³/mol. The third-order valence-electron chi connectivity index (χ3n) is 7.28. The lowest BCUT2D eigenvalue weighted by Crippen LogP contribution is -2.51. The Morgan fingerprint density at radius 3 is 2.47 bits per heavy atom. The molecule has 6 rings (SSSR count). The highest BCUT2D eigenvalue weighted by molar-refractivity contribution is 6.02. The number of benzene rings is 1. The molecule has 2 aromatic heterocycles. The van der Waals surface area contributed by atoms with Gasteiger partial charge < -0.3 is 15.1 Å². The van der Waals surface area contributed by atoms with Gasteiger partial charge in [-0.25, -0.2) is 4.98 Å². The fourth-order valence-electron chi connectivity index (χ4n) is 5.41. The van der Waals surface area contributed by atoms with E-state index in [9.17, 15) is 4.79 Å². The number of piperazine rings is 1. The number of hydrogen-bond donors (Lipinski definition) is 1. The molecule has 174 valence electrons. The Labute approximate surface area is 200 Å². The maximum Gasteiger partial charge on any atom is 0.247 e. The van der Waals surface area contributed by atoms with Crippen molar-refractivity contribution in [3.05, 3.63) is 66.6 Å². The van der Waals surface area contributed by atoms with Crippen molar-refractivity contribution in [1.29, 1.82) is 0 Å². The first-order valence-electron chi connectivity index (χ1n) is 12.3. The van der Waals surface area contributed by atoms with E-state index in [0.717, 1.165) is 75.6 Å². The van der Waals surface area contributed by atoms with Crippen LogP contribution in [0, 0.1) is 0 Å². The Bertz CT molecular complexity index is 1160. The van der Waals surface area contributed by atoms with Gasteiger partial charge in [0, 0.05) is 63.5 Å². The number of hydrogen-bond acceptors (Lipinski definition) is 6. The van der Waals surface area contributed by atoms with Crippen LogP contribution in [0.4, 0.5) is 17.2 Å². The monoisotopic (exact) mass is 454 g/mol. The number of rotatable bonds is 4. The molecule has 7 nitrogen and oxygen atoms in total. The van der Waals surface area contributed by atoms with Crippen molar-refractivity contribution in [1.82, 2.24) is 14.9 Å². The zero-order chi connectivity index (χ0) is 22.9. The van der Waals surface area contributed by atoms with Crippen LogP contribution in [0.3, 0.4) is 0 Å². The lowest BCUT2D eigenvalue weighted by Gasteiger charge is -2.40. The summed E-state index contributed by atoms with van der Waals surface area (Å²) in [5.74, 6) is 1.06. The highest BCUT2D eigenvalue weighted by Gasteiger charge is 2.35. The molecular formula is C27H30N6O. The minimum Gasteiger partial charge on any atom is -0.369 e. The number of carbonyl (C=O) groups is 1. The third kappa shape index (κ3) is 4.12. The molecule has 0 radical (unpaired) electrons. The molecule has 0 saturated carbocycles. The lowest BCUT2D eigenvalue weighted by atomic mass is 9.99. The zero-order valence-corrected chi connectivity index (χ0v) is 19.4. The Kier molecular flexibility index (Phi) is 5.63. The molecule has 0 spiro atoms. The van der Waals surface area contributed by atoms with Crippen molar-refractivity contribution in [2.75, 3.05) is 47.8 Å². The van der Waals surface area contributed by atoms with Crippen molar-refractivity contribution >= 4 is 23.1 Å². The van der Waals surface area contributed by atoms with Crippen molar-refractivity contribution in [2.24, 2.45) is 0 Å². The van der Waals surface area contributed by atoms with Gasteiger partial charge in [0.1, 0.15) is 6.04 Å². The van der Waals surface area contributed by atoms with Gasteiger partial charge in [0.2, 0.25) is 5.91 Å². The van der Waals surface area contributed by atoms with Gasteiger partial charge in [0.25, 0.3) is 0 Å². The van der Waals surface area contributed by atoms with Crippen LogP contribution in [0.5, 0.6) is 0 Å². The fraction of sp³-hybridized carbons (Fsp3) is 0.370. The molecule has 3 aliphatic rings. The average Bonchev–Trinajstić information content (AvgIpc) is 2.90. The summed E-state index contributed by atoms with van der Waals surface area (Å²) < 4.78 is 0. The quantitative estimate of drug-likeness (QED) is 0.647. The maximum atomic E-state index is 12.6. The maximum absolute atomic E-state index is 12.6. The van der Waals surface area contributed by atoms with Crippen molar-refractivity contribution in [3.63, 3.8) is 0 Å². The van der Waals surface area contributed by atoms with Crippen molar-refractivity contribution in [2.45, 2.75) is 31.8 Å². The smallest absolute Gasteiger partial charge is 0.247 e. The second-order valence-corrected chi connectivity index (χ2v) is 9.45. The molecule has 0 bridgehead atoms. The van der Waals surface area contributed by atoms with Gasteiger partial charge in [0.15, 0.2) is 5.82 Å². The first-order valence-corrected chi connectivity index (χ1v) is 12.3. The Balaban J connectivity index is 1.08. The molecule has 34 heavy (non-hydrogen) atoms. The fourth-order valence-corrected chi connectivity index (χ4v) is 5.41. The summed E-state index contributed by atoms with van der Waals surface area (Å²) in [6.07, 6.45) is 8.82. The first kappa shape index (κ1) is 21.1. The summed E-state index contributed by atoms with van der Waals surface area (Å²) in [5, 5.41) is 3.11. The summed E-state index contributed by atoms with van der Waals surface area (Å²) in [7, 11) is 0. The van der Waals surface area contributed by atoms with Gasteiger partial charge >= 0.3 is 0 Å². The predicted octanol–water partition coefficient (Wildman–Crippen LogP) is 3.78. The van der Waals surface area contributed by atoms with Gasteiger partial charge in [-0.15, -0.1) is 0 Å². The van der Waals surface area contributed by atoms with Crippen LogP contribution in [-0.4, -0.2) is 59.5 Å². The molecule has 2 saturated heterocycles. The van der Waals surface area contributed by atoms with E-state index >= 15 is 0 Å². The second-order valence-electron chi connectivity index (χ2n) is 9.45. The molecule has 1 atom stereocenters. The highest BCUT2D eigenvalue weighted by atomic mass is 16.2.